The van der Waals surface area contributed by atoms with Crippen LogP contribution < -0.4 is 14.8 Å². The summed E-state index contributed by atoms with van der Waals surface area (Å²) >= 11 is 0. The summed E-state index contributed by atoms with van der Waals surface area (Å²) < 4.78 is 11.0. The standard InChI is InChI=1S/C23H29NO3/c1-5-7-19-16-20(11-14-22(19)26-4)23(25)24-15-6-8-18-9-12-21(13-10-18)27-17(2)3/h5,9-14,16-17H,1,6-8,15H2,2-4H3,(H,24,25). The van der Waals surface area contributed by atoms with Crippen LogP contribution in [0.1, 0.15) is 41.8 Å². The molecule has 0 fully saturated rings. The quantitative estimate of drug-likeness (QED) is 0.494. The summed E-state index contributed by atoms with van der Waals surface area (Å²) in [5.41, 5.74) is 2.84. The number of ether oxygens (including phenoxy) is 2. The van der Waals surface area contributed by atoms with E-state index in [1.165, 1.54) is 5.56 Å². The van der Waals surface area contributed by atoms with E-state index in [9.17, 15) is 4.79 Å². The van der Waals surface area contributed by atoms with Crippen molar-refractivity contribution < 1.29 is 14.3 Å². The van der Waals surface area contributed by atoms with E-state index < -0.39 is 0 Å². The minimum absolute atomic E-state index is 0.0661. The van der Waals surface area contributed by atoms with Crippen LogP contribution in [0, 0.1) is 0 Å². The molecule has 2 aromatic carbocycles. The Morgan fingerprint density at radius 3 is 2.56 bits per heavy atom. The third-order valence-electron chi connectivity index (χ3n) is 4.13. The summed E-state index contributed by atoms with van der Waals surface area (Å²) in [5.74, 6) is 1.59. The first kappa shape index (κ1) is 20.6. The summed E-state index contributed by atoms with van der Waals surface area (Å²) in [6.45, 7) is 8.41. The first-order valence-electron chi connectivity index (χ1n) is 9.35. The van der Waals surface area contributed by atoms with Crippen LogP contribution in [0.3, 0.4) is 0 Å². The van der Waals surface area contributed by atoms with Crippen LogP contribution in [-0.2, 0) is 12.8 Å². The first-order valence-corrected chi connectivity index (χ1v) is 9.35. The van der Waals surface area contributed by atoms with E-state index in [0.717, 1.165) is 29.9 Å². The SMILES string of the molecule is C=CCc1cc(C(=O)NCCCc2ccc(OC(C)C)cc2)ccc1OC. The minimum Gasteiger partial charge on any atom is -0.496 e. The van der Waals surface area contributed by atoms with Gasteiger partial charge in [0, 0.05) is 12.1 Å². The fraction of sp³-hybridized carbons (Fsp3) is 0.348. The Hall–Kier alpha value is -2.75. The molecule has 0 atom stereocenters. The Morgan fingerprint density at radius 2 is 1.93 bits per heavy atom. The number of methoxy groups -OCH3 is 1. The molecule has 0 saturated heterocycles. The van der Waals surface area contributed by atoms with Gasteiger partial charge in [-0.25, -0.2) is 0 Å². The molecule has 2 aromatic rings. The Morgan fingerprint density at radius 1 is 1.19 bits per heavy atom. The Balaban J connectivity index is 1.82. The first-order chi connectivity index (χ1) is 13.0. The highest BCUT2D eigenvalue weighted by molar-refractivity contribution is 5.94. The van der Waals surface area contributed by atoms with Gasteiger partial charge in [-0.05, 0) is 74.6 Å². The number of benzene rings is 2. The predicted octanol–water partition coefficient (Wildman–Crippen LogP) is 4.57. The summed E-state index contributed by atoms with van der Waals surface area (Å²) in [4.78, 5) is 12.4. The average molecular weight is 367 g/mol. The monoisotopic (exact) mass is 367 g/mol. The molecule has 0 bridgehead atoms. The van der Waals surface area contributed by atoms with Crippen LogP contribution in [0.2, 0.25) is 0 Å². The van der Waals surface area contributed by atoms with Gasteiger partial charge in [0.2, 0.25) is 0 Å². The van der Waals surface area contributed by atoms with Crippen LogP contribution in [0.4, 0.5) is 0 Å². The lowest BCUT2D eigenvalue weighted by molar-refractivity contribution is 0.0953. The van der Waals surface area contributed by atoms with Gasteiger partial charge >= 0.3 is 0 Å². The molecule has 0 aliphatic heterocycles. The number of hydrogen-bond donors (Lipinski definition) is 1. The molecule has 0 spiro atoms. The largest absolute Gasteiger partial charge is 0.496 e. The van der Waals surface area contributed by atoms with Crippen molar-refractivity contribution >= 4 is 5.91 Å². The molecule has 0 aliphatic carbocycles. The van der Waals surface area contributed by atoms with Crippen molar-refractivity contribution in [1.82, 2.24) is 5.32 Å². The maximum absolute atomic E-state index is 12.4. The Bertz CT molecular complexity index is 751. The van der Waals surface area contributed by atoms with Crippen LogP contribution in [0.25, 0.3) is 0 Å². The third kappa shape index (κ3) is 6.48. The fourth-order valence-electron chi connectivity index (χ4n) is 2.84. The number of rotatable bonds is 10. The van der Waals surface area contributed by atoms with E-state index >= 15 is 0 Å². The van der Waals surface area contributed by atoms with Gasteiger partial charge in [-0.3, -0.25) is 4.79 Å². The van der Waals surface area contributed by atoms with E-state index in [0.29, 0.717) is 18.5 Å². The lowest BCUT2D eigenvalue weighted by Gasteiger charge is -2.11. The van der Waals surface area contributed by atoms with Gasteiger partial charge in [-0.15, -0.1) is 6.58 Å². The van der Waals surface area contributed by atoms with E-state index in [4.69, 9.17) is 9.47 Å². The summed E-state index contributed by atoms with van der Waals surface area (Å²) in [5, 5.41) is 2.98. The van der Waals surface area contributed by atoms with Crippen molar-refractivity contribution in [3.05, 3.63) is 71.8 Å². The second-order valence-corrected chi connectivity index (χ2v) is 6.69. The maximum atomic E-state index is 12.4. The summed E-state index contributed by atoms with van der Waals surface area (Å²) in [7, 11) is 1.63. The molecule has 144 valence electrons. The van der Waals surface area contributed by atoms with Crippen molar-refractivity contribution in [3.8, 4) is 11.5 Å². The molecule has 0 unspecified atom stereocenters. The number of aryl methyl sites for hydroxylation is 1. The molecule has 27 heavy (non-hydrogen) atoms. The highest BCUT2D eigenvalue weighted by Gasteiger charge is 2.09. The lowest BCUT2D eigenvalue weighted by atomic mass is 10.1. The van der Waals surface area contributed by atoms with E-state index in [1.807, 2.05) is 38.1 Å². The molecule has 0 heterocycles. The van der Waals surface area contributed by atoms with Gasteiger partial charge in [-0.2, -0.15) is 0 Å². The van der Waals surface area contributed by atoms with Crippen molar-refractivity contribution in [2.24, 2.45) is 0 Å². The topological polar surface area (TPSA) is 47.6 Å². The normalized spacial score (nSPS) is 10.5. The number of allylic oxidation sites excluding steroid dienone is 1. The van der Waals surface area contributed by atoms with Crippen molar-refractivity contribution in [1.29, 1.82) is 0 Å². The van der Waals surface area contributed by atoms with Gasteiger partial charge in [0.05, 0.1) is 13.2 Å². The average Bonchev–Trinajstić information content (AvgIpc) is 2.66. The number of amides is 1. The third-order valence-corrected chi connectivity index (χ3v) is 4.13. The van der Waals surface area contributed by atoms with E-state index in [-0.39, 0.29) is 12.0 Å². The van der Waals surface area contributed by atoms with Crippen LogP contribution in [0.5, 0.6) is 11.5 Å². The molecule has 0 saturated carbocycles. The molecular formula is C23H29NO3. The highest BCUT2D eigenvalue weighted by atomic mass is 16.5. The van der Waals surface area contributed by atoms with Gasteiger partial charge in [0.25, 0.3) is 5.91 Å². The molecule has 0 aliphatic rings. The van der Waals surface area contributed by atoms with Gasteiger partial charge in [0.1, 0.15) is 11.5 Å². The second-order valence-electron chi connectivity index (χ2n) is 6.69. The number of carbonyl (C=O) groups excluding carboxylic acids is 1. The number of carbonyl (C=O) groups is 1. The Labute approximate surface area is 162 Å². The number of hydrogen-bond acceptors (Lipinski definition) is 3. The Kier molecular flexibility index (Phi) is 7.93. The minimum atomic E-state index is -0.0661. The second kappa shape index (κ2) is 10.4. The van der Waals surface area contributed by atoms with E-state index in [2.05, 4.69) is 24.0 Å². The van der Waals surface area contributed by atoms with Crippen LogP contribution in [0.15, 0.2) is 55.1 Å². The van der Waals surface area contributed by atoms with Gasteiger partial charge in [0.15, 0.2) is 0 Å². The summed E-state index contributed by atoms with van der Waals surface area (Å²) in [6, 6.07) is 13.6. The van der Waals surface area contributed by atoms with Crippen molar-refractivity contribution in [3.63, 3.8) is 0 Å². The van der Waals surface area contributed by atoms with Crippen molar-refractivity contribution in [2.45, 2.75) is 39.2 Å². The zero-order valence-corrected chi connectivity index (χ0v) is 16.5. The van der Waals surface area contributed by atoms with Crippen molar-refractivity contribution in [2.75, 3.05) is 13.7 Å². The number of nitrogens with one attached hydrogen (secondary N) is 1. The molecule has 0 aromatic heterocycles. The molecule has 4 heteroatoms. The maximum Gasteiger partial charge on any atom is 0.251 e. The lowest BCUT2D eigenvalue weighted by Crippen LogP contribution is -2.24. The zero-order valence-electron chi connectivity index (χ0n) is 16.5. The molecule has 1 amide bonds. The molecule has 4 nitrogen and oxygen atoms in total. The molecule has 1 N–H and O–H groups in total. The van der Waals surface area contributed by atoms with E-state index in [1.54, 1.807) is 19.3 Å². The smallest absolute Gasteiger partial charge is 0.251 e. The summed E-state index contributed by atoms with van der Waals surface area (Å²) in [6.07, 6.45) is 4.44. The fourth-order valence-corrected chi connectivity index (χ4v) is 2.84. The van der Waals surface area contributed by atoms with Crippen LogP contribution in [-0.4, -0.2) is 25.7 Å². The van der Waals surface area contributed by atoms with Gasteiger partial charge < -0.3 is 14.8 Å². The highest BCUT2D eigenvalue weighted by Crippen LogP contribution is 2.21. The molecular weight excluding hydrogens is 338 g/mol. The van der Waals surface area contributed by atoms with Crippen LogP contribution >= 0.6 is 0 Å². The molecule has 0 radical (unpaired) electrons. The zero-order chi connectivity index (χ0) is 19.6. The predicted molar refractivity (Wildman–Crippen MR) is 110 cm³/mol. The van der Waals surface area contributed by atoms with Gasteiger partial charge in [-0.1, -0.05) is 18.2 Å². The molecule has 2 rings (SSSR count).